The normalized spacial score (nSPS) is 17.8. The second kappa shape index (κ2) is 2.78. The number of hydrogen-bond donors (Lipinski definition) is 0. The van der Waals surface area contributed by atoms with E-state index in [2.05, 4.69) is 0 Å². The van der Waals surface area contributed by atoms with Crippen LogP contribution < -0.4 is 0 Å². The lowest BCUT2D eigenvalue weighted by atomic mass is 10.0. The van der Waals surface area contributed by atoms with Crippen molar-refractivity contribution in [2.24, 2.45) is 0 Å². The van der Waals surface area contributed by atoms with Crippen LogP contribution in [0.3, 0.4) is 0 Å². The van der Waals surface area contributed by atoms with Crippen LogP contribution in [0.1, 0.15) is 19.8 Å². The number of carbonyl (C=O) groups is 1. The zero-order valence-electron chi connectivity index (χ0n) is 5.86. The molecule has 0 aliphatic heterocycles. The second-order valence-corrected chi connectivity index (χ2v) is 2.30. The molecular weight excluding hydrogens is 131 g/mol. The Morgan fingerprint density at radius 3 is 2.50 bits per heavy atom. The van der Waals surface area contributed by atoms with Crippen molar-refractivity contribution in [2.45, 2.75) is 19.8 Å². The Kier molecular flexibility index (Phi) is 2.00. The van der Waals surface area contributed by atoms with Gasteiger partial charge < -0.3 is 0 Å². The molecule has 10 heavy (non-hydrogen) atoms. The van der Waals surface area contributed by atoms with E-state index in [0.717, 1.165) is 6.42 Å². The van der Waals surface area contributed by atoms with E-state index in [1.165, 1.54) is 13.0 Å². The molecule has 0 bridgehead atoms. The van der Waals surface area contributed by atoms with Crippen LogP contribution in [-0.2, 0) is 4.79 Å². The Morgan fingerprint density at radius 2 is 2.10 bits per heavy atom. The van der Waals surface area contributed by atoms with Crippen LogP contribution in [0.2, 0.25) is 0 Å². The molecule has 54 valence electrons. The monoisotopic (exact) mass is 140 g/mol. The van der Waals surface area contributed by atoms with Gasteiger partial charge in [0.2, 0.25) is 0 Å². The summed E-state index contributed by atoms with van der Waals surface area (Å²) in [4.78, 5) is 10.7. The van der Waals surface area contributed by atoms with E-state index in [1.54, 1.807) is 6.08 Å². The number of rotatable bonds is 1. The van der Waals surface area contributed by atoms with Crippen LogP contribution in [-0.4, -0.2) is 5.78 Å². The zero-order valence-corrected chi connectivity index (χ0v) is 5.86. The summed E-state index contributed by atoms with van der Waals surface area (Å²) in [6, 6.07) is 0. The minimum Gasteiger partial charge on any atom is -0.294 e. The van der Waals surface area contributed by atoms with Gasteiger partial charge in [-0.3, -0.25) is 4.79 Å². The van der Waals surface area contributed by atoms with E-state index in [-0.39, 0.29) is 17.2 Å². The van der Waals surface area contributed by atoms with Crippen molar-refractivity contribution in [3.8, 4) is 0 Å². The molecule has 2 heteroatoms. The largest absolute Gasteiger partial charge is 0.294 e. The Balaban J connectivity index is 2.84. The Hall–Kier alpha value is -0.920. The van der Waals surface area contributed by atoms with Gasteiger partial charge in [0.1, 0.15) is 5.83 Å². The van der Waals surface area contributed by atoms with Crippen molar-refractivity contribution in [2.75, 3.05) is 0 Å². The van der Waals surface area contributed by atoms with Gasteiger partial charge in [-0.15, -0.1) is 0 Å². The molecule has 1 rings (SSSR count). The maximum atomic E-state index is 12.7. The van der Waals surface area contributed by atoms with Gasteiger partial charge in [0, 0.05) is 5.57 Å². The highest BCUT2D eigenvalue weighted by molar-refractivity contribution is 5.97. The molecule has 1 nitrogen and oxygen atoms in total. The van der Waals surface area contributed by atoms with Crippen molar-refractivity contribution in [3.63, 3.8) is 0 Å². The third-order valence-electron chi connectivity index (χ3n) is 1.48. The van der Waals surface area contributed by atoms with Gasteiger partial charge in [-0.1, -0.05) is 6.08 Å². The van der Waals surface area contributed by atoms with E-state index in [4.69, 9.17) is 0 Å². The van der Waals surface area contributed by atoms with Gasteiger partial charge in [-0.25, -0.2) is 4.39 Å². The molecule has 0 unspecified atom stereocenters. The summed E-state index contributed by atoms with van der Waals surface area (Å²) in [7, 11) is 0. The predicted molar refractivity (Wildman–Crippen MR) is 37.2 cm³/mol. The fourth-order valence-corrected chi connectivity index (χ4v) is 0.957. The minimum atomic E-state index is -0.362. The van der Waals surface area contributed by atoms with Gasteiger partial charge in [0.25, 0.3) is 0 Å². The molecule has 0 amide bonds. The molecule has 0 atom stereocenters. The Morgan fingerprint density at radius 1 is 1.50 bits per heavy atom. The summed E-state index contributed by atoms with van der Waals surface area (Å²) < 4.78 is 12.7. The maximum absolute atomic E-state index is 12.7. The number of Topliss-reactive ketones (excluding diaryl/α,β-unsaturated/α-hetero) is 1. The molecule has 0 aromatic carbocycles. The lowest BCUT2D eigenvalue weighted by molar-refractivity contribution is -0.113. The van der Waals surface area contributed by atoms with Crippen molar-refractivity contribution in [1.82, 2.24) is 0 Å². The minimum absolute atomic E-state index is 0.187. The first kappa shape index (κ1) is 7.19. The smallest absolute Gasteiger partial charge is 0.162 e. The first-order chi connectivity index (χ1) is 4.72. The molecule has 1 aliphatic rings. The Bertz CT molecular complexity index is 213. The molecular formula is C8H9FO. The number of carbonyl (C=O) groups excluding carboxylic acids is 1. The molecule has 0 fully saturated rings. The average Bonchev–Trinajstić information content (AvgIpc) is 1.88. The maximum Gasteiger partial charge on any atom is 0.162 e. The van der Waals surface area contributed by atoms with Crippen LogP contribution in [0.15, 0.2) is 23.6 Å². The Labute approximate surface area is 59.2 Å². The van der Waals surface area contributed by atoms with Crippen molar-refractivity contribution in [3.05, 3.63) is 23.6 Å². The highest BCUT2D eigenvalue weighted by Crippen LogP contribution is 2.19. The number of hydrogen-bond acceptors (Lipinski definition) is 1. The lowest BCUT2D eigenvalue weighted by Crippen LogP contribution is -2.00. The third-order valence-corrected chi connectivity index (χ3v) is 1.48. The van der Waals surface area contributed by atoms with Crippen LogP contribution in [0.4, 0.5) is 4.39 Å². The summed E-state index contributed by atoms with van der Waals surface area (Å²) >= 11 is 0. The summed E-state index contributed by atoms with van der Waals surface area (Å²) in [5.74, 6) is -0.549. The highest BCUT2D eigenvalue weighted by Gasteiger charge is 2.11. The highest BCUT2D eigenvalue weighted by atomic mass is 19.1. The molecule has 0 heterocycles. The van der Waals surface area contributed by atoms with Gasteiger partial charge in [-0.05, 0) is 25.8 Å². The van der Waals surface area contributed by atoms with E-state index < -0.39 is 0 Å². The van der Waals surface area contributed by atoms with Gasteiger partial charge in [-0.2, -0.15) is 0 Å². The fraction of sp³-hybridized carbons (Fsp3) is 0.375. The van der Waals surface area contributed by atoms with Crippen LogP contribution >= 0.6 is 0 Å². The topological polar surface area (TPSA) is 17.1 Å². The van der Waals surface area contributed by atoms with E-state index in [9.17, 15) is 9.18 Å². The van der Waals surface area contributed by atoms with Gasteiger partial charge >= 0.3 is 0 Å². The molecule has 0 aromatic rings. The first-order valence-electron chi connectivity index (χ1n) is 3.29. The van der Waals surface area contributed by atoms with E-state index in [0.29, 0.717) is 6.42 Å². The van der Waals surface area contributed by atoms with Gasteiger partial charge in [0.05, 0.1) is 0 Å². The van der Waals surface area contributed by atoms with Crippen LogP contribution in [0.5, 0.6) is 0 Å². The second-order valence-electron chi connectivity index (χ2n) is 2.30. The van der Waals surface area contributed by atoms with E-state index >= 15 is 0 Å². The third kappa shape index (κ3) is 1.32. The molecule has 0 spiro atoms. The lowest BCUT2D eigenvalue weighted by Gasteiger charge is -2.04. The fourth-order valence-electron chi connectivity index (χ4n) is 0.957. The summed E-state index contributed by atoms with van der Waals surface area (Å²) in [6.07, 6.45) is 4.60. The molecule has 1 aliphatic carbocycles. The van der Waals surface area contributed by atoms with Crippen molar-refractivity contribution >= 4 is 5.78 Å². The predicted octanol–water partition coefficient (Wildman–Crippen LogP) is 2.15. The van der Waals surface area contributed by atoms with Crippen molar-refractivity contribution in [1.29, 1.82) is 0 Å². The van der Waals surface area contributed by atoms with Crippen LogP contribution in [0.25, 0.3) is 0 Å². The molecule has 0 aromatic heterocycles. The molecule has 0 saturated heterocycles. The first-order valence-corrected chi connectivity index (χ1v) is 3.29. The molecule has 0 radical (unpaired) electrons. The van der Waals surface area contributed by atoms with Crippen molar-refractivity contribution < 1.29 is 9.18 Å². The summed E-state index contributed by atoms with van der Waals surface area (Å²) in [5.41, 5.74) is 0.242. The summed E-state index contributed by atoms with van der Waals surface area (Å²) in [6.45, 7) is 1.38. The average molecular weight is 140 g/mol. The van der Waals surface area contributed by atoms with E-state index in [1.807, 2.05) is 0 Å². The summed E-state index contributed by atoms with van der Waals surface area (Å²) in [5, 5.41) is 0. The van der Waals surface area contributed by atoms with Gasteiger partial charge in [0.15, 0.2) is 5.78 Å². The standard InChI is InChI=1S/C8H9FO/c1-6(10)7-4-2-3-5-8(7)9/h4-5H,2-3H2,1H3. The number of allylic oxidation sites excluding steroid dienone is 4. The zero-order chi connectivity index (χ0) is 7.56. The number of halogens is 1. The number of ketones is 1. The molecule has 0 N–H and O–H groups in total. The van der Waals surface area contributed by atoms with Crippen LogP contribution in [0, 0.1) is 0 Å². The SMILES string of the molecule is CC(=O)C1=CCCC=C1F. The quantitative estimate of drug-likeness (QED) is 0.545. The molecule has 0 saturated carbocycles.